The number of benzene rings is 1. The van der Waals surface area contributed by atoms with Crippen molar-refractivity contribution in [2.75, 3.05) is 0 Å². The fourth-order valence-electron chi connectivity index (χ4n) is 1.98. The Kier molecular flexibility index (Phi) is 3.56. The molecule has 3 rings (SSSR count). The minimum Gasteiger partial charge on any atom is -0.353 e. The van der Waals surface area contributed by atoms with E-state index >= 15 is 0 Å². The molecule has 1 unspecified atom stereocenters. The third-order valence-corrected chi connectivity index (χ3v) is 3.84. The van der Waals surface area contributed by atoms with Gasteiger partial charge >= 0.3 is 5.51 Å². The van der Waals surface area contributed by atoms with E-state index in [9.17, 15) is 18.0 Å². The molecule has 1 aliphatic carbocycles. The van der Waals surface area contributed by atoms with Crippen molar-refractivity contribution in [3.63, 3.8) is 0 Å². The van der Waals surface area contributed by atoms with Crippen LogP contribution < -0.4 is 10.6 Å². The second-order valence-corrected chi connectivity index (χ2v) is 6.04. The quantitative estimate of drug-likeness (QED) is 0.843. The van der Waals surface area contributed by atoms with Gasteiger partial charge in [-0.15, -0.1) is 0 Å². The number of amides is 1. The average molecular weight is 315 g/mol. The lowest BCUT2D eigenvalue weighted by Gasteiger charge is -2.08. The van der Waals surface area contributed by atoms with Gasteiger partial charge in [0.15, 0.2) is 12.0 Å². The van der Waals surface area contributed by atoms with E-state index in [0.29, 0.717) is 17.6 Å². The first kappa shape index (κ1) is 14.2. The molecule has 1 atom stereocenters. The Labute approximate surface area is 123 Å². The van der Waals surface area contributed by atoms with Crippen LogP contribution >= 0.6 is 11.8 Å². The number of nitrogens with zero attached hydrogens (tertiary/aromatic N) is 1. The molecule has 1 heterocycles. The molecule has 1 fully saturated rings. The fourth-order valence-corrected chi connectivity index (χ4v) is 2.52. The Bertz CT molecular complexity index is 581. The van der Waals surface area contributed by atoms with Crippen LogP contribution in [-0.2, 0) is 4.79 Å². The molecule has 0 spiro atoms. The van der Waals surface area contributed by atoms with Crippen molar-refractivity contribution in [1.82, 2.24) is 10.6 Å². The summed E-state index contributed by atoms with van der Waals surface area (Å²) in [4.78, 5) is 16.2. The van der Waals surface area contributed by atoms with E-state index in [0.717, 1.165) is 12.8 Å². The maximum absolute atomic E-state index is 12.3. The van der Waals surface area contributed by atoms with Crippen LogP contribution in [0.15, 0.2) is 34.2 Å². The molecule has 1 aromatic carbocycles. The van der Waals surface area contributed by atoms with Gasteiger partial charge in [-0.1, -0.05) is 12.1 Å². The number of hydrogen-bond donors (Lipinski definition) is 2. The van der Waals surface area contributed by atoms with Crippen LogP contribution in [0.2, 0.25) is 0 Å². The predicted octanol–water partition coefficient (Wildman–Crippen LogP) is 2.58. The Hall–Kier alpha value is -1.70. The molecule has 4 nitrogen and oxygen atoms in total. The number of guanidine groups is 1. The third-order valence-electron chi connectivity index (χ3n) is 3.10. The zero-order valence-corrected chi connectivity index (χ0v) is 11.6. The first-order valence-electron chi connectivity index (χ1n) is 6.42. The Morgan fingerprint density at radius 1 is 1.24 bits per heavy atom. The number of rotatable bonds is 3. The lowest BCUT2D eigenvalue weighted by molar-refractivity contribution is -0.120. The highest BCUT2D eigenvalue weighted by Gasteiger charge is 2.32. The summed E-state index contributed by atoms with van der Waals surface area (Å²) in [5, 5.41) is 5.73. The zero-order valence-electron chi connectivity index (χ0n) is 10.8. The van der Waals surface area contributed by atoms with Crippen molar-refractivity contribution in [3.05, 3.63) is 29.8 Å². The van der Waals surface area contributed by atoms with Crippen molar-refractivity contribution in [3.8, 4) is 0 Å². The molecular weight excluding hydrogens is 303 g/mol. The number of aliphatic imine (C=N–C) groups is 1. The monoisotopic (exact) mass is 315 g/mol. The minimum atomic E-state index is -4.31. The molecule has 0 radical (unpaired) electrons. The van der Waals surface area contributed by atoms with Gasteiger partial charge in [0.05, 0.1) is 0 Å². The van der Waals surface area contributed by atoms with E-state index < -0.39 is 11.6 Å². The van der Waals surface area contributed by atoms with Crippen molar-refractivity contribution in [2.24, 2.45) is 4.99 Å². The second kappa shape index (κ2) is 5.25. The van der Waals surface area contributed by atoms with Crippen molar-refractivity contribution < 1.29 is 18.0 Å². The number of halogens is 3. The minimum absolute atomic E-state index is 0.0879. The summed E-state index contributed by atoms with van der Waals surface area (Å²) in [5.41, 5.74) is -3.74. The maximum Gasteiger partial charge on any atom is 0.446 e. The number of hydrogen-bond acceptors (Lipinski definition) is 4. The maximum atomic E-state index is 12.3. The van der Waals surface area contributed by atoms with E-state index in [4.69, 9.17) is 0 Å². The summed E-state index contributed by atoms with van der Waals surface area (Å²) >= 11 is -0.179. The molecular formula is C13H12F3N3OS. The van der Waals surface area contributed by atoms with Gasteiger partial charge in [-0.2, -0.15) is 13.2 Å². The van der Waals surface area contributed by atoms with Crippen molar-refractivity contribution >= 4 is 23.6 Å². The van der Waals surface area contributed by atoms with Gasteiger partial charge in [0.25, 0.3) is 5.91 Å². The third kappa shape index (κ3) is 3.69. The smallest absolute Gasteiger partial charge is 0.353 e. The fraction of sp³-hybridized carbons (Fsp3) is 0.385. The van der Waals surface area contributed by atoms with Crippen molar-refractivity contribution in [2.45, 2.75) is 35.3 Å². The average Bonchev–Trinajstić information content (AvgIpc) is 3.11. The molecule has 1 aliphatic heterocycles. The summed E-state index contributed by atoms with van der Waals surface area (Å²) in [5.74, 6) is 0.176. The Morgan fingerprint density at radius 3 is 2.48 bits per heavy atom. The van der Waals surface area contributed by atoms with Gasteiger partial charge in [-0.25, -0.2) is 4.99 Å². The predicted molar refractivity (Wildman–Crippen MR) is 72.8 cm³/mol. The number of carbonyl (C=O) groups excluding carboxylic acids is 1. The van der Waals surface area contributed by atoms with Gasteiger partial charge in [0.2, 0.25) is 0 Å². The van der Waals surface area contributed by atoms with Gasteiger partial charge in [-0.3, -0.25) is 10.1 Å². The molecule has 1 aromatic rings. The van der Waals surface area contributed by atoms with Crippen LogP contribution in [-0.4, -0.2) is 23.4 Å². The van der Waals surface area contributed by atoms with Gasteiger partial charge in [-0.05, 0) is 42.3 Å². The molecule has 0 aromatic heterocycles. The van der Waals surface area contributed by atoms with E-state index in [2.05, 4.69) is 15.6 Å². The highest BCUT2D eigenvalue weighted by molar-refractivity contribution is 8.00. The van der Waals surface area contributed by atoms with Crippen LogP contribution in [0.1, 0.15) is 24.4 Å². The standard InChI is InChI=1S/C13H12F3N3OS/c14-13(15,16)21-9-5-1-7(2-6-9)10-11(20)19-12(18-10)17-8-3-4-8/h1-2,5-6,8,10H,3-4H2,(H2,17,18,19,20). The molecule has 2 aliphatic rings. The topological polar surface area (TPSA) is 53.5 Å². The highest BCUT2D eigenvalue weighted by Crippen LogP contribution is 2.37. The first-order valence-corrected chi connectivity index (χ1v) is 7.23. The van der Waals surface area contributed by atoms with Crippen LogP contribution in [0.4, 0.5) is 13.2 Å². The van der Waals surface area contributed by atoms with Crippen LogP contribution in [0.5, 0.6) is 0 Å². The first-order chi connectivity index (χ1) is 9.90. The summed E-state index contributed by atoms with van der Waals surface area (Å²) < 4.78 is 36.8. The summed E-state index contributed by atoms with van der Waals surface area (Å²) in [7, 11) is 0. The molecule has 112 valence electrons. The molecule has 0 bridgehead atoms. The molecule has 2 N–H and O–H groups in total. The van der Waals surface area contributed by atoms with E-state index in [1.165, 1.54) is 24.3 Å². The number of thioether (sulfide) groups is 1. The van der Waals surface area contributed by atoms with E-state index in [1.807, 2.05) is 0 Å². The second-order valence-electron chi connectivity index (χ2n) is 4.90. The molecule has 0 saturated heterocycles. The molecule has 8 heteroatoms. The number of carbonyl (C=O) groups is 1. The van der Waals surface area contributed by atoms with Crippen LogP contribution in [0, 0.1) is 0 Å². The summed E-state index contributed by atoms with van der Waals surface area (Å²) in [6.07, 6.45) is 2.12. The van der Waals surface area contributed by atoms with Crippen LogP contribution in [0.25, 0.3) is 0 Å². The number of nitrogens with one attached hydrogen (secondary N) is 2. The Morgan fingerprint density at radius 2 is 1.90 bits per heavy atom. The largest absolute Gasteiger partial charge is 0.446 e. The molecule has 1 saturated carbocycles. The lowest BCUT2D eigenvalue weighted by Crippen LogP contribution is -2.37. The van der Waals surface area contributed by atoms with Gasteiger partial charge in [0.1, 0.15) is 0 Å². The molecule has 1 amide bonds. The van der Waals surface area contributed by atoms with Crippen LogP contribution in [0.3, 0.4) is 0 Å². The van der Waals surface area contributed by atoms with Gasteiger partial charge < -0.3 is 5.32 Å². The summed E-state index contributed by atoms with van der Waals surface area (Å²) in [6, 6.07) is 5.37. The van der Waals surface area contributed by atoms with E-state index in [1.54, 1.807) is 0 Å². The normalized spacial score (nSPS) is 22.0. The SMILES string of the molecule is O=C1NC(NC2CC2)=NC1c1ccc(SC(F)(F)F)cc1. The molecule has 21 heavy (non-hydrogen) atoms. The van der Waals surface area contributed by atoms with Crippen molar-refractivity contribution in [1.29, 1.82) is 0 Å². The highest BCUT2D eigenvalue weighted by atomic mass is 32.2. The summed E-state index contributed by atoms with van der Waals surface area (Å²) in [6.45, 7) is 0. The lowest BCUT2D eigenvalue weighted by atomic mass is 10.1. The van der Waals surface area contributed by atoms with E-state index in [-0.39, 0.29) is 22.6 Å². The number of alkyl halides is 3. The van der Waals surface area contributed by atoms with Gasteiger partial charge in [0, 0.05) is 10.9 Å². The Balaban J connectivity index is 1.71. The zero-order chi connectivity index (χ0) is 15.0.